The molecule has 1 aliphatic heterocycles. The molecule has 0 aromatic carbocycles. The summed E-state index contributed by atoms with van der Waals surface area (Å²) in [6.07, 6.45) is 1.99. The summed E-state index contributed by atoms with van der Waals surface area (Å²) in [4.78, 5) is 17.6. The van der Waals surface area contributed by atoms with E-state index in [0.29, 0.717) is 0 Å². The number of aliphatic carboxylic acids is 1. The number of hydrogen-bond acceptors (Lipinski definition) is 4. The highest BCUT2D eigenvalue weighted by atomic mass is 16.4. The molecule has 0 aliphatic carbocycles. The molecule has 0 bridgehead atoms. The Morgan fingerprint density at radius 3 is 2.50 bits per heavy atom. The van der Waals surface area contributed by atoms with Crippen molar-refractivity contribution < 1.29 is 9.90 Å². The number of aliphatic imine (C=N–C) groups is 2. The van der Waals surface area contributed by atoms with Crippen LogP contribution in [0.15, 0.2) is 9.98 Å². The molecule has 2 unspecified atom stereocenters. The van der Waals surface area contributed by atoms with Crippen LogP contribution in [-0.2, 0) is 4.79 Å². The Labute approximate surface area is 57.3 Å². The van der Waals surface area contributed by atoms with Crippen LogP contribution in [0.25, 0.3) is 0 Å². The van der Waals surface area contributed by atoms with Gasteiger partial charge >= 0.3 is 5.97 Å². The van der Waals surface area contributed by atoms with Crippen LogP contribution in [0.3, 0.4) is 0 Å². The van der Waals surface area contributed by atoms with Gasteiger partial charge in [0.05, 0.1) is 0 Å². The van der Waals surface area contributed by atoms with Crippen molar-refractivity contribution in [2.75, 3.05) is 0 Å². The highest BCUT2D eigenvalue weighted by Crippen LogP contribution is 2.00. The van der Waals surface area contributed by atoms with Crippen molar-refractivity contribution >= 4 is 18.4 Å². The number of carboxylic acids is 1. The minimum atomic E-state index is -1.04. The number of carbonyl (C=O) groups is 1. The van der Waals surface area contributed by atoms with Crippen molar-refractivity contribution in [2.24, 2.45) is 15.7 Å². The largest absolute Gasteiger partial charge is 0.480 e. The second kappa shape index (κ2) is 2.57. The summed E-state index contributed by atoms with van der Waals surface area (Å²) >= 11 is 0. The third-order valence-electron chi connectivity index (χ3n) is 1.15. The van der Waals surface area contributed by atoms with Crippen LogP contribution in [0, 0.1) is 0 Å². The minimum absolute atomic E-state index is 0.734. The highest BCUT2D eigenvalue weighted by molar-refractivity contribution is 6.17. The Bertz CT molecular complexity index is 199. The lowest BCUT2D eigenvalue weighted by Gasteiger charge is -2.13. The monoisotopic (exact) mass is 141 g/mol. The fraction of sp³-hybridized carbons (Fsp3) is 0.400. The summed E-state index contributed by atoms with van der Waals surface area (Å²) < 4.78 is 0. The topological polar surface area (TPSA) is 88.0 Å². The molecule has 0 radical (unpaired) electrons. The van der Waals surface area contributed by atoms with Gasteiger partial charge in [-0.3, -0.25) is 9.98 Å². The minimum Gasteiger partial charge on any atom is -0.480 e. The van der Waals surface area contributed by atoms with Gasteiger partial charge in [-0.25, -0.2) is 4.79 Å². The Hall–Kier alpha value is -1.23. The van der Waals surface area contributed by atoms with Crippen LogP contribution in [0.2, 0.25) is 0 Å². The molecular weight excluding hydrogens is 134 g/mol. The normalized spacial score (nSPS) is 30.5. The average Bonchev–Trinajstić information content (AvgIpc) is 1.88. The molecule has 0 aromatic heterocycles. The van der Waals surface area contributed by atoms with Crippen LogP contribution in [0.4, 0.5) is 0 Å². The van der Waals surface area contributed by atoms with E-state index in [0.717, 1.165) is 0 Å². The quantitative estimate of drug-likeness (QED) is 0.484. The number of carboxylic acid groups (broad SMARTS) is 1. The summed E-state index contributed by atoms with van der Waals surface area (Å²) in [5.74, 6) is -1.04. The lowest BCUT2D eigenvalue weighted by molar-refractivity contribution is -0.138. The molecular formula is C5H7N3O2. The molecule has 5 heteroatoms. The summed E-state index contributed by atoms with van der Waals surface area (Å²) in [7, 11) is 0. The fourth-order valence-electron chi connectivity index (χ4n) is 0.649. The molecule has 0 saturated carbocycles. The molecule has 0 spiro atoms. The summed E-state index contributed by atoms with van der Waals surface area (Å²) in [6, 6.07) is -0.912. The van der Waals surface area contributed by atoms with Gasteiger partial charge in [-0.2, -0.15) is 0 Å². The SMILES string of the molecule is NC1N=CC=NC1C(=O)O. The van der Waals surface area contributed by atoms with Crippen LogP contribution >= 0.6 is 0 Å². The van der Waals surface area contributed by atoms with Crippen LogP contribution in [0.1, 0.15) is 0 Å². The molecule has 5 nitrogen and oxygen atoms in total. The van der Waals surface area contributed by atoms with E-state index in [9.17, 15) is 4.79 Å². The van der Waals surface area contributed by atoms with Gasteiger partial charge in [-0.05, 0) is 0 Å². The molecule has 54 valence electrons. The maximum Gasteiger partial charge on any atom is 0.332 e. The number of nitrogens with zero attached hydrogens (tertiary/aromatic N) is 2. The van der Waals surface area contributed by atoms with Gasteiger partial charge < -0.3 is 10.8 Å². The van der Waals surface area contributed by atoms with E-state index in [1.165, 1.54) is 12.4 Å². The fourth-order valence-corrected chi connectivity index (χ4v) is 0.649. The summed E-state index contributed by atoms with van der Waals surface area (Å²) in [5, 5.41) is 8.44. The Kier molecular flexibility index (Phi) is 1.77. The molecule has 3 N–H and O–H groups in total. The smallest absolute Gasteiger partial charge is 0.332 e. The van der Waals surface area contributed by atoms with Crippen molar-refractivity contribution in [1.29, 1.82) is 0 Å². The van der Waals surface area contributed by atoms with E-state index in [-0.39, 0.29) is 0 Å². The van der Waals surface area contributed by atoms with Gasteiger partial charge in [0, 0.05) is 12.4 Å². The molecule has 0 amide bonds. The van der Waals surface area contributed by atoms with Crippen molar-refractivity contribution in [3.05, 3.63) is 0 Å². The maximum atomic E-state index is 10.3. The third-order valence-corrected chi connectivity index (χ3v) is 1.15. The molecule has 0 fully saturated rings. The zero-order chi connectivity index (χ0) is 7.56. The summed E-state index contributed by atoms with van der Waals surface area (Å²) in [5.41, 5.74) is 5.29. The average molecular weight is 141 g/mol. The van der Waals surface area contributed by atoms with Crippen molar-refractivity contribution in [1.82, 2.24) is 0 Å². The van der Waals surface area contributed by atoms with Gasteiger partial charge in [0.25, 0.3) is 0 Å². The third kappa shape index (κ3) is 1.19. The first-order valence-corrected chi connectivity index (χ1v) is 2.75. The second-order valence-corrected chi connectivity index (χ2v) is 1.87. The molecule has 1 rings (SSSR count). The van der Waals surface area contributed by atoms with Gasteiger partial charge in [0.15, 0.2) is 6.04 Å². The van der Waals surface area contributed by atoms with Crippen LogP contribution in [0.5, 0.6) is 0 Å². The first-order valence-electron chi connectivity index (χ1n) is 2.75. The highest BCUT2D eigenvalue weighted by Gasteiger charge is 2.23. The van der Waals surface area contributed by atoms with Gasteiger partial charge in [0.1, 0.15) is 6.17 Å². The van der Waals surface area contributed by atoms with E-state index in [2.05, 4.69) is 9.98 Å². The van der Waals surface area contributed by atoms with E-state index >= 15 is 0 Å². The Balaban J connectivity index is 2.70. The van der Waals surface area contributed by atoms with Crippen LogP contribution < -0.4 is 5.73 Å². The lowest BCUT2D eigenvalue weighted by Crippen LogP contribution is -2.39. The van der Waals surface area contributed by atoms with Crippen molar-refractivity contribution in [3.63, 3.8) is 0 Å². The molecule has 0 saturated heterocycles. The molecule has 1 heterocycles. The van der Waals surface area contributed by atoms with E-state index < -0.39 is 18.2 Å². The Morgan fingerprint density at radius 2 is 2.10 bits per heavy atom. The first-order chi connectivity index (χ1) is 4.72. The Morgan fingerprint density at radius 1 is 1.50 bits per heavy atom. The second-order valence-electron chi connectivity index (χ2n) is 1.87. The number of nitrogens with two attached hydrogens (primary N) is 1. The van der Waals surface area contributed by atoms with E-state index in [1.54, 1.807) is 0 Å². The van der Waals surface area contributed by atoms with Gasteiger partial charge in [-0.1, -0.05) is 0 Å². The molecule has 10 heavy (non-hydrogen) atoms. The number of rotatable bonds is 1. The van der Waals surface area contributed by atoms with E-state index in [1.807, 2.05) is 0 Å². The summed E-state index contributed by atoms with van der Waals surface area (Å²) in [6.45, 7) is 0. The van der Waals surface area contributed by atoms with Gasteiger partial charge in [-0.15, -0.1) is 0 Å². The standard InChI is InChI=1S/C5H7N3O2/c6-4-3(5(9)10)7-1-2-8-4/h1-4H,6H2,(H,9,10). The predicted molar refractivity (Wildman–Crippen MR) is 36.4 cm³/mol. The molecule has 0 aromatic rings. The predicted octanol–water partition coefficient (Wildman–Crippen LogP) is -1.12. The van der Waals surface area contributed by atoms with Gasteiger partial charge in [0.2, 0.25) is 0 Å². The molecule has 2 atom stereocenters. The maximum absolute atomic E-state index is 10.3. The lowest BCUT2D eigenvalue weighted by atomic mass is 10.2. The van der Waals surface area contributed by atoms with Crippen LogP contribution in [-0.4, -0.2) is 35.7 Å². The molecule has 1 aliphatic rings. The first kappa shape index (κ1) is 6.88. The van der Waals surface area contributed by atoms with Crippen molar-refractivity contribution in [3.8, 4) is 0 Å². The number of hydrogen-bond donors (Lipinski definition) is 2. The zero-order valence-electron chi connectivity index (χ0n) is 5.14. The van der Waals surface area contributed by atoms with E-state index in [4.69, 9.17) is 10.8 Å². The van der Waals surface area contributed by atoms with Crippen molar-refractivity contribution in [2.45, 2.75) is 12.2 Å². The zero-order valence-corrected chi connectivity index (χ0v) is 5.14.